The predicted octanol–water partition coefficient (Wildman–Crippen LogP) is 23.3. The van der Waals surface area contributed by atoms with E-state index in [1.165, 1.54) is 93.3 Å². The monoisotopic (exact) mass is 1270 g/mol. The molecule has 0 spiro atoms. The minimum absolute atomic E-state index is 0.395. The molecule has 45 unspecified atom stereocenters. The number of aliphatic hydroxyl groups excluding tert-OH is 1. The number of allylic oxidation sites excluding steroid dienone is 2. The molecule has 20 saturated carbocycles. The Morgan fingerprint density at radius 3 is 1.23 bits per heavy atom. The molecule has 0 radical (unpaired) electrons. The minimum Gasteiger partial charge on any atom is -0.396 e. The number of nitrogens with zero attached hydrogens (tertiary/aromatic N) is 1. The van der Waals surface area contributed by atoms with Crippen LogP contribution in [0.3, 0.4) is 0 Å². The quantitative estimate of drug-likeness (QED) is 0.162. The molecular formula is C88H144ClNO. The highest BCUT2D eigenvalue weighted by Gasteiger charge is 2.64. The zero-order valence-electron chi connectivity index (χ0n) is 61.9. The molecule has 0 aromatic carbocycles. The number of hydrogen-bond donors (Lipinski definition) is 1. The van der Waals surface area contributed by atoms with Gasteiger partial charge in [0.1, 0.15) is 0 Å². The standard InChI is InChI=1S/C14H22.2C12H20.C12H18.C10H15N.C10H18O.C9H15Cl.C9H16/c1-7-8(2)12-6-11(7)13-9-3-4-10(5-9)14(12)13;1-7-5-11-9-3-4-10(6-9)12(11)8(7)2;2*1-7-8(2)12-6-11(7)9-4-3-5-10(9)12;2*1-6-7(2)10-4-8(6)3-9(10)5-11;1-5-6(2)8-3-7(5)4-9(8)10;1-6-7(2)9-4-3-8(6)5-9/h7-14H,3-6H2,1-2H3;2*7-12H,3-6H2,1-2H3;3-4,7-12H,5-6H2,1-2H3;6-10H,3-4H2,1-2H3;6-11H,3-5H2,1-2H3;5-9H,3-4H2,1-2H3;6-9H,3-5H2,1-2H3. The van der Waals surface area contributed by atoms with Gasteiger partial charge in [0, 0.05) is 17.9 Å². The summed E-state index contributed by atoms with van der Waals surface area (Å²) in [6, 6.07) is 2.45. The third-order valence-corrected chi connectivity index (χ3v) is 39.0. The fraction of sp³-hybridized carbons (Fsp3) is 0.966. The van der Waals surface area contributed by atoms with E-state index in [1.807, 2.05) is 0 Å². The summed E-state index contributed by atoms with van der Waals surface area (Å²) in [6.45, 7) is 39.5. The van der Waals surface area contributed by atoms with Gasteiger partial charge in [0.25, 0.3) is 0 Å². The molecule has 18 bridgehead atoms. The zero-order chi connectivity index (χ0) is 64.1. The van der Waals surface area contributed by atoms with E-state index in [0.29, 0.717) is 23.8 Å². The van der Waals surface area contributed by atoms with Gasteiger partial charge in [-0.25, -0.2) is 0 Å². The first-order valence-corrected chi connectivity index (χ1v) is 42.3. The molecule has 45 atom stereocenters. The number of fused-ring (bicyclic) bond motifs is 32. The van der Waals surface area contributed by atoms with Gasteiger partial charge in [0.05, 0.1) is 6.07 Å². The second kappa shape index (κ2) is 26.9. The number of alkyl halides is 1. The highest BCUT2D eigenvalue weighted by atomic mass is 35.5. The van der Waals surface area contributed by atoms with E-state index in [4.69, 9.17) is 22.0 Å². The predicted molar refractivity (Wildman–Crippen MR) is 382 cm³/mol. The van der Waals surface area contributed by atoms with E-state index in [9.17, 15) is 0 Å². The van der Waals surface area contributed by atoms with Crippen molar-refractivity contribution in [2.24, 2.45) is 260 Å². The van der Waals surface area contributed by atoms with Crippen LogP contribution in [-0.4, -0.2) is 17.1 Å². The SMILES string of the molecule is CC1C(C)C2CC1C1C3CCC(C3)C21.CC1C(C)C2CC1C1C=CCC12.CC1C(C)C2CC1C1CCCC21.CC1C2CC(C#N)C(C2)C1C.CC1C2CC(CO)C(C2)C1C.CC1C2CC(Cl)C(C2)C1C.CC1C2CCC(C2)C1C.CC1CC2C3CCC(C3)C2C1C. The number of aliphatic hydroxyl groups is 1. The van der Waals surface area contributed by atoms with E-state index in [0.717, 1.165) is 213 Å². The van der Waals surface area contributed by atoms with Crippen LogP contribution in [0.25, 0.3) is 0 Å². The molecular weight excluding hydrogens is 1120 g/mol. The summed E-state index contributed by atoms with van der Waals surface area (Å²) in [5.41, 5.74) is 0. The lowest BCUT2D eigenvalue weighted by molar-refractivity contribution is 0.0716. The average Bonchev–Trinajstić information content (AvgIpc) is 1.55. The van der Waals surface area contributed by atoms with Crippen LogP contribution in [0, 0.1) is 272 Å². The van der Waals surface area contributed by atoms with E-state index in [-0.39, 0.29) is 0 Å². The molecule has 21 aliphatic carbocycles. The largest absolute Gasteiger partial charge is 0.396 e. The van der Waals surface area contributed by atoms with Crippen molar-refractivity contribution in [3.63, 3.8) is 0 Å². The van der Waals surface area contributed by atoms with Gasteiger partial charge >= 0.3 is 0 Å². The molecule has 0 heterocycles. The van der Waals surface area contributed by atoms with Crippen molar-refractivity contribution >= 4 is 11.6 Å². The highest BCUT2D eigenvalue weighted by Crippen LogP contribution is 2.71. The fourth-order valence-corrected chi connectivity index (χ4v) is 32.4. The Labute approximate surface area is 567 Å². The molecule has 2 nitrogen and oxygen atoms in total. The lowest BCUT2D eigenvalue weighted by Gasteiger charge is -2.41. The average molecular weight is 1270 g/mol. The lowest BCUT2D eigenvalue weighted by atomic mass is 9.64. The van der Waals surface area contributed by atoms with Gasteiger partial charge in [-0.1, -0.05) is 129 Å². The summed E-state index contributed by atoms with van der Waals surface area (Å²) >= 11 is 6.17. The Kier molecular flexibility index (Phi) is 20.0. The molecule has 91 heavy (non-hydrogen) atoms. The van der Waals surface area contributed by atoms with E-state index < -0.39 is 0 Å². The second-order valence-corrected chi connectivity index (χ2v) is 40.8. The van der Waals surface area contributed by atoms with Gasteiger partial charge in [0.15, 0.2) is 0 Å². The smallest absolute Gasteiger partial charge is 0.0658 e. The first-order chi connectivity index (χ1) is 43.6. The van der Waals surface area contributed by atoms with Gasteiger partial charge in [-0.05, 0) is 396 Å². The Morgan fingerprint density at radius 1 is 0.330 bits per heavy atom. The Morgan fingerprint density at radius 2 is 0.747 bits per heavy atom. The molecule has 21 rings (SSSR count). The Balaban J connectivity index is 0.0000000908. The lowest BCUT2D eigenvalue weighted by Crippen LogP contribution is -2.35. The van der Waals surface area contributed by atoms with Crippen molar-refractivity contribution in [1.82, 2.24) is 0 Å². The van der Waals surface area contributed by atoms with Gasteiger partial charge in [-0.15, -0.1) is 11.6 Å². The van der Waals surface area contributed by atoms with Crippen LogP contribution in [0.15, 0.2) is 12.2 Å². The molecule has 0 aromatic heterocycles. The summed E-state index contributed by atoms with van der Waals surface area (Å²) in [5.74, 6) is 44.6. The second-order valence-electron chi connectivity index (χ2n) is 40.2. The van der Waals surface area contributed by atoms with E-state index in [1.54, 1.807) is 89.9 Å². The number of nitriles is 1. The van der Waals surface area contributed by atoms with Crippen LogP contribution in [0.1, 0.15) is 258 Å². The van der Waals surface area contributed by atoms with Gasteiger partial charge in [0.2, 0.25) is 0 Å². The van der Waals surface area contributed by atoms with Gasteiger partial charge in [-0.3, -0.25) is 0 Å². The topological polar surface area (TPSA) is 44.0 Å². The zero-order valence-corrected chi connectivity index (χ0v) is 62.6. The maximum absolute atomic E-state index is 9.09. The summed E-state index contributed by atoms with van der Waals surface area (Å²) in [5, 5.41) is 18.4. The Hall–Kier alpha value is -0.520. The summed E-state index contributed by atoms with van der Waals surface area (Å²) in [6.07, 6.45) is 39.5. The molecule has 0 aromatic rings. The summed E-state index contributed by atoms with van der Waals surface area (Å²) in [4.78, 5) is 0. The van der Waals surface area contributed by atoms with Crippen molar-refractivity contribution in [2.75, 3.05) is 6.61 Å². The van der Waals surface area contributed by atoms with E-state index in [2.05, 4.69) is 129 Å². The van der Waals surface area contributed by atoms with Crippen LogP contribution in [0.5, 0.6) is 0 Å². The summed E-state index contributed by atoms with van der Waals surface area (Å²) < 4.78 is 0. The third kappa shape index (κ3) is 11.6. The van der Waals surface area contributed by atoms with Gasteiger partial charge in [-0.2, -0.15) is 5.26 Å². The van der Waals surface area contributed by atoms with Crippen LogP contribution in [0.4, 0.5) is 0 Å². The van der Waals surface area contributed by atoms with Crippen molar-refractivity contribution in [1.29, 1.82) is 5.26 Å². The number of hydrogen-bond acceptors (Lipinski definition) is 2. The molecule has 21 aliphatic rings. The minimum atomic E-state index is 0.395. The molecule has 3 heteroatoms. The molecule has 0 amide bonds. The van der Waals surface area contributed by atoms with Gasteiger partial charge < -0.3 is 5.11 Å². The van der Waals surface area contributed by atoms with Crippen LogP contribution >= 0.6 is 11.6 Å². The van der Waals surface area contributed by atoms with Crippen molar-refractivity contribution < 1.29 is 5.11 Å². The fourth-order valence-electron chi connectivity index (χ4n) is 31.9. The first kappa shape index (κ1) is 67.7. The molecule has 0 aliphatic heterocycles. The van der Waals surface area contributed by atoms with Crippen molar-refractivity contribution in [3.05, 3.63) is 12.2 Å². The molecule has 0 saturated heterocycles. The van der Waals surface area contributed by atoms with Crippen LogP contribution in [0.2, 0.25) is 0 Å². The Bertz CT molecular complexity index is 2450. The maximum atomic E-state index is 9.09. The highest BCUT2D eigenvalue weighted by molar-refractivity contribution is 6.21. The molecule has 20 fully saturated rings. The van der Waals surface area contributed by atoms with Crippen molar-refractivity contribution in [2.45, 2.75) is 264 Å². The van der Waals surface area contributed by atoms with Crippen LogP contribution in [-0.2, 0) is 0 Å². The number of halogens is 1. The summed E-state index contributed by atoms with van der Waals surface area (Å²) in [7, 11) is 0. The van der Waals surface area contributed by atoms with Crippen molar-refractivity contribution in [3.8, 4) is 6.07 Å². The molecule has 514 valence electrons. The van der Waals surface area contributed by atoms with Crippen LogP contribution < -0.4 is 0 Å². The van der Waals surface area contributed by atoms with E-state index >= 15 is 0 Å². The number of rotatable bonds is 1. The normalized spacial score (nSPS) is 60.6. The first-order valence-electron chi connectivity index (χ1n) is 41.9. The third-order valence-electron chi connectivity index (χ3n) is 38.5. The maximum Gasteiger partial charge on any atom is 0.0658 e. The molecule has 1 N–H and O–H groups in total.